The fraction of sp³-hybridized carbons (Fsp3) is 0.458. The number of non-ortho nitro benzene ring substituents is 1. The van der Waals surface area contributed by atoms with Crippen LogP contribution in [0.25, 0.3) is 0 Å². The maximum atomic E-state index is 13.3. The van der Waals surface area contributed by atoms with E-state index in [1.807, 2.05) is 4.90 Å². The van der Waals surface area contributed by atoms with E-state index in [0.29, 0.717) is 36.5 Å². The zero-order chi connectivity index (χ0) is 27.1. The van der Waals surface area contributed by atoms with Gasteiger partial charge in [-0.2, -0.15) is 26.3 Å². The van der Waals surface area contributed by atoms with Crippen LogP contribution in [0.2, 0.25) is 0 Å². The summed E-state index contributed by atoms with van der Waals surface area (Å²) < 4.78 is 85.3. The Kier molecular flexibility index (Phi) is 6.99. The van der Waals surface area contributed by atoms with Crippen LogP contribution in [0.3, 0.4) is 0 Å². The van der Waals surface area contributed by atoms with Crippen LogP contribution in [0.15, 0.2) is 36.4 Å². The van der Waals surface area contributed by atoms with Crippen LogP contribution in [0.1, 0.15) is 54.5 Å². The van der Waals surface area contributed by atoms with E-state index in [1.54, 1.807) is 6.07 Å². The van der Waals surface area contributed by atoms with Gasteiger partial charge in [-0.1, -0.05) is 0 Å². The number of carbonyl (C=O) groups excluding carboxylic acids is 1. The number of piperidine rings is 1. The first kappa shape index (κ1) is 26.6. The Hall–Kier alpha value is -3.51. The molecule has 0 bridgehead atoms. The van der Waals surface area contributed by atoms with Crippen LogP contribution in [0.5, 0.6) is 0 Å². The van der Waals surface area contributed by atoms with Gasteiger partial charge in [0.05, 0.1) is 28.6 Å². The van der Waals surface area contributed by atoms with Gasteiger partial charge in [-0.3, -0.25) is 15.0 Å². The molecule has 200 valence electrons. The van der Waals surface area contributed by atoms with E-state index in [9.17, 15) is 41.3 Å². The monoisotopic (exact) mass is 531 g/mol. The first-order valence-electron chi connectivity index (χ1n) is 11.5. The average molecular weight is 531 g/mol. The van der Waals surface area contributed by atoms with E-state index in [4.69, 9.17) is 4.74 Å². The number of nitrogens with zero attached hydrogens (tertiary/aromatic N) is 3. The molecule has 4 rings (SSSR count). The first-order valence-corrected chi connectivity index (χ1v) is 11.5. The maximum Gasteiger partial charge on any atom is 0.416 e. The molecule has 1 amide bonds. The number of amides is 1. The summed E-state index contributed by atoms with van der Waals surface area (Å²) in [5.41, 5.74) is -2.57. The number of rotatable bonds is 5. The molecule has 2 fully saturated rings. The highest BCUT2D eigenvalue weighted by Crippen LogP contribution is 2.41. The Morgan fingerprint density at radius 2 is 1.57 bits per heavy atom. The molecule has 2 atom stereocenters. The second kappa shape index (κ2) is 9.75. The number of ether oxygens (including phenoxy) is 1. The van der Waals surface area contributed by atoms with E-state index < -0.39 is 52.2 Å². The highest BCUT2D eigenvalue weighted by Gasteiger charge is 2.43. The van der Waals surface area contributed by atoms with Crippen molar-refractivity contribution in [2.45, 2.75) is 57.2 Å². The molecule has 0 aliphatic carbocycles. The summed E-state index contributed by atoms with van der Waals surface area (Å²) >= 11 is 0. The van der Waals surface area contributed by atoms with Crippen molar-refractivity contribution in [1.29, 1.82) is 0 Å². The minimum absolute atomic E-state index is 0.0106. The predicted octanol–water partition coefficient (Wildman–Crippen LogP) is 6.70. The molecule has 2 saturated heterocycles. The van der Waals surface area contributed by atoms with Gasteiger partial charge in [0.15, 0.2) is 0 Å². The van der Waals surface area contributed by atoms with Gasteiger partial charge >= 0.3 is 18.4 Å². The second-order valence-corrected chi connectivity index (χ2v) is 9.13. The molecule has 0 spiro atoms. The Morgan fingerprint density at radius 1 is 0.973 bits per heavy atom. The number of halogens is 6. The highest BCUT2D eigenvalue weighted by atomic mass is 19.4. The molecule has 0 N–H and O–H groups in total. The lowest BCUT2D eigenvalue weighted by molar-refractivity contribution is -0.384. The average Bonchev–Trinajstić information content (AvgIpc) is 3.11. The van der Waals surface area contributed by atoms with Crippen molar-refractivity contribution in [3.8, 4) is 0 Å². The van der Waals surface area contributed by atoms with Crippen molar-refractivity contribution < 1.29 is 40.8 Å². The van der Waals surface area contributed by atoms with Gasteiger partial charge in [0.25, 0.3) is 5.69 Å². The largest absolute Gasteiger partial charge is 0.439 e. The summed E-state index contributed by atoms with van der Waals surface area (Å²) in [6, 6.07) is 4.40. The van der Waals surface area contributed by atoms with Crippen LogP contribution >= 0.6 is 0 Å². The summed E-state index contributed by atoms with van der Waals surface area (Å²) in [6.07, 6.45) is -9.59. The van der Waals surface area contributed by atoms with Crippen LogP contribution in [-0.4, -0.2) is 35.0 Å². The summed E-state index contributed by atoms with van der Waals surface area (Å²) in [5.74, 6) is 0. The number of alkyl halides is 6. The van der Waals surface area contributed by atoms with Crippen LogP contribution in [-0.2, 0) is 23.6 Å². The van der Waals surface area contributed by atoms with Crippen molar-refractivity contribution >= 4 is 17.5 Å². The van der Waals surface area contributed by atoms with Gasteiger partial charge < -0.3 is 9.64 Å². The van der Waals surface area contributed by atoms with Crippen molar-refractivity contribution in [3.05, 3.63) is 68.8 Å². The number of nitro benzene ring substituents is 1. The smallest absolute Gasteiger partial charge is 0.416 e. The maximum absolute atomic E-state index is 13.3. The third-order valence-corrected chi connectivity index (χ3v) is 6.64. The molecule has 2 aliphatic rings. The lowest BCUT2D eigenvalue weighted by atomic mass is 9.97. The van der Waals surface area contributed by atoms with Crippen LogP contribution in [0.4, 0.5) is 42.5 Å². The fourth-order valence-corrected chi connectivity index (χ4v) is 4.74. The van der Waals surface area contributed by atoms with E-state index in [1.165, 1.54) is 19.1 Å². The van der Waals surface area contributed by atoms with Gasteiger partial charge in [0.2, 0.25) is 0 Å². The Bertz CT molecular complexity index is 1160. The number of cyclic esters (lactones) is 1. The van der Waals surface area contributed by atoms with Crippen LogP contribution in [0, 0.1) is 10.1 Å². The van der Waals surface area contributed by atoms with E-state index in [0.717, 1.165) is 24.2 Å². The van der Waals surface area contributed by atoms with Gasteiger partial charge in [-0.25, -0.2) is 4.79 Å². The standard InChI is InChI=1S/C24H23F6N3O4/c1-14-21(15-9-17(23(25,26)27)12-18(10-15)24(28,29)30)37-22(34)32(14)13-16-11-19(33(35)36)5-6-20(16)31-7-3-2-4-8-31/h5-6,9-12,14,21H,2-4,7-8,13H2,1H3/t14-,21-/m0/s1. The molecule has 2 aliphatic heterocycles. The highest BCUT2D eigenvalue weighted by molar-refractivity contribution is 5.72. The Balaban J connectivity index is 1.68. The van der Waals surface area contributed by atoms with Crippen molar-refractivity contribution in [1.82, 2.24) is 4.90 Å². The molecule has 37 heavy (non-hydrogen) atoms. The zero-order valence-electron chi connectivity index (χ0n) is 19.6. The van der Waals surface area contributed by atoms with E-state index in [-0.39, 0.29) is 18.3 Å². The van der Waals surface area contributed by atoms with E-state index in [2.05, 4.69) is 0 Å². The number of hydrogen-bond acceptors (Lipinski definition) is 5. The Labute approximate surface area is 207 Å². The third-order valence-electron chi connectivity index (χ3n) is 6.64. The predicted molar refractivity (Wildman–Crippen MR) is 120 cm³/mol. The molecule has 7 nitrogen and oxygen atoms in total. The van der Waals surface area contributed by atoms with Crippen molar-refractivity contribution in [2.75, 3.05) is 18.0 Å². The molecule has 2 aromatic carbocycles. The molecule has 0 aromatic heterocycles. The number of benzene rings is 2. The summed E-state index contributed by atoms with van der Waals surface area (Å²) in [4.78, 5) is 26.7. The van der Waals surface area contributed by atoms with Gasteiger partial charge in [0, 0.05) is 36.5 Å². The molecular weight excluding hydrogens is 508 g/mol. The normalized spacial score (nSPS) is 20.8. The topological polar surface area (TPSA) is 75.9 Å². The van der Waals surface area contributed by atoms with Gasteiger partial charge in [-0.05, 0) is 56.0 Å². The SMILES string of the molecule is C[C@H]1[C@@H](c2cc(C(F)(F)F)cc(C(F)(F)F)c2)OC(=O)N1Cc1cc([N+](=O)[O-])ccc1N1CCCCC1. The minimum Gasteiger partial charge on any atom is -0.439 e. The molecule has 13 heteroatoms. The summed E-state index contributed by atoms with van der Waals surface area (Å²) in [5, 5.41) is 11.4. The minimum atomic E-state index is -5.05. The number of hydrogen-bond donors (Lipinski definition) is 0. The number of anilines is 1. The summed E-state index contributed by atoms with van der Waals surface area (Å²) in [6.45, 7) is 2.69. The van der Waals surface area contributed by atoms with Gasteiger partial charge in [0.1, 0.15) is 6.10 Å². The van der Waals surface area contributed by atoms with Gasteiger partial charge in [-0.15, -0.1) is 0 Å². The van der Waals surface area contributed by atoms with Crippen LogP contribution < -0.4 is 4.90 Å². The molecule has 0 saturated carbocycles. The fourth-order valence-electron chi connectivity index (χ4n) is 4.74. The van der Waals surface area contributed by atoms with Crippen molar-refractivity contribution in [3.63, 3.8) is 0 Å². The molecule has 2 heterocycles. The number of carbonyl (C=O) groups is 1. The molecule has 2 aromatic rings. The summed E-state index contributed by atoms with van der Waals surface area (Å²) in [7, 11) is 0. The second-order valence-electron chi connectivity index (χ2n) is 9.13. The van der Waals surface area contributed by atoms with Crippen molar-refractivity contribution in [2.24, 2.45) is 0 Å². The molecular formula is C24H23F6N3O4. The molecule has 0 radical (unpaired) electrons. The number of nitro groups is 1. The Morgan fingerprint density at radius 3 is 2.11 bits per heavy atom. The zero-order valence-corrected chi connectivity index (χ0v) is 19.6. The lowest BCUT2D eigenvalue weighted by Gasteiger charge is -2.31. The molecule has 0 unspecified atom stereocenters. The third kappa shape index (κ3) is 5.59. The first-order chi connectivity index (χ1) is 17.3. The lowest BCUT2D eigenvalue weighted by Crippen LogP contribution is -2.34. The quantitative estimate of drug-likeness (QED) is 0.244. The van der Waals surface area contributed by atoms with E-state index >= 15 is 0 Å².